The summed E-state index contributed by atoms with van der Waals surface area (Å²) in [7, 11) is 0. The van der Waals surface area contributed by atoms with Crippen LogP contribution in [0.1, 0.15) is 19.2 Å². The number of urea groups is 1. The molecule has 0 atom stereocenters. The first-order valence-electron chi connectivity index (χ1n) is 7.62. The summed E-state index contributed by atoms with van der Waals surface area (Å²) in [6, 6.07) is 3.44. The van der Waals surface area contributed by atoms with Crippen LogP contribution in [0.25, 0.3) is 11.5 Å². The monoisotopic (exact) mass is 319 g/mol. The minimum absolute atomic E-state index is 0.211. The Morgan fingerprint density at radius 2 is 2.22 bits per heavy atom. The van der Waals surface area contributed by atoms with Crippen molar-refractivity contribution in [2.75, 3.05) is 26.3 Å². The summed E-state index contributed by atoms with van der Waals surface area (Å²) < 4.78 is 10.4. The summed E-state index contributed by atoms with van der Waals surface area (Å²) in [5.74, 6) is 0.967. The van der Waals surface area contributed by atoms with Crippen LogP contribution in [0.4, 0.5) is 4.79 Å². The van der Waals surface area contributed by atoms with Gasteiger partial charge in [0.1, 0.15) is 0 Å². The average molecular weight is 319 g/mol. The zero-order chi connectivity index (χ0) is 16.3. The van der Waals surface area contributed by atoms with Crippen molar-refractivity contribution in [3.8, 4) is 11.5 Å². The molecule has 8 nitrogen and oxygen atoms in total. The molecule has 124 valence electrons. The molecule has 23 heavy (non-hydrogen) atoms. The number of aromatic nitrogens is 3. The number of hydrogen-bond donors (Lipinski definition) is 2. The second kappa shape index (κ2) is 9.52. The molecule has 0 bridgehead atoms. The Labute approximate surface area is 134 Å². The topological polar surface area (TPSA) is 102 Å². The van der Waals surface area contributed by atoms with E-state index in [-0.39, 0.29) is 6.03 Å². The Morgan fingerprint density at radius 1 is 1.35 bits per heavy atom. The van der Waals surface area contributed by atoms with Crippen molar-refractivity contribution in [2.24, 2.45) is 0 Å². The maximum absolute atomic E-state index is 11.6. The van der Waals surface area contributed by atoms with Gasteiger partial charge in [-0.2, -0.15) is 4.98 Å². The van der Waals surface area contributed by atoms with E-state index in [0.29, 0.717) is 44.4 Å². The number of amides is 2. The fraction of sp³-hybridized carbons (Fsp3) is 0.467. The number of hydrogen-bond acceptors (Lipinski definition) is 6. The lowest BCUT2D eigenvalue weighted by atomic mass is 10.3. The highest BCUT2D eigenvalue weighted by atomic mass is 16.5. The van der Waals surface area contributed by atoms with E-state index < -0.39 is 0 Å². The van der Waals surface area contributed by atoms with Crippen molar-refractivity contribution in [3.05, 3.63) is 30.4 Å². The lowest BCUT2D eigenvalue weighted by molar-refractivity contribution is 0.145. The molecule has 8 heteroatoms. The number of ether oxygens (including phenoxy) is 1. The Balaban J connectivity index is 1.65. The van der Waals surface area contributed by atoms with Gasteiger partial charge in [0.15, 0.2) is 5.82 Å². The zero-order valence-electron chi connectivity index (χ0n) is 13.1. The van der Waals surface area contributed by atoms with Crippen molar-refractivity contribution in [3.63, 3.8) is 0 Å². The van der Waals surface area contributed by atoms with Crippen molar-refractivity contribution in [1.29, 1.82) is 0 Å². The first kappa shape index (κ1) is 16.9. The van der Waals surface area contributed by atoms with Crippen LogP contribution in [0.2, 0.25) is 0 Å². The molecule has 2 aromatic rings. The summed E-state index contributed by atoms with van der Waals surface area (Å²) in [6.45, 7) is 4.30. The second-order valence-corrected chi connectivity index (χ2v) is 4.74. The molecule has 2 heterocycles. The van der Waals surface area contributed by atoms with Gasteiger partial charge >= 0.3 is 6.03 Å². The SMILES string of the molecule is CCOCCCNC(=O)NCCc1noc(-c2cccnc2)n1. The third-order valence-corrected chi connectivity index (χ3v) is 2.97. The molecule has 0 aliphatic rings. The first-order valence-corrected chi connectivity index (χ1v) is 7.62. The van der Waals surface area contributed by atoms with Crippen molar-refractivity contribution in [2.45, 2.75) is 19.8 Å². The molecule has 0 aliphatic carbocycles. The highest BCUT2D eigenvalue weighted by Gasteiger charge is 2.09. The maximum atomic E-state index is 11.6. The zero-order valence-corrected chi connectivity index (χ0v) is 13.1. The fourth-order valence-electron chi connectivity index (χ4n) is 1.83. The number of carbonyl (C=O) groups excluding carboxylic acids is 1. The number of rotatable bonds is 9. The molecule has 2 N–H and O–H groups in total. The van der Waals surface area contributed by atoms with Crippen LogP contribution in [-0.4, -0.2) is 47.5 Å². The Bertz CT molecular complexity index is 588. The third-order valence-electron chi connectivity index (χ3n) is 2.97. The molecule has 2 amide bonds. The standard InChI is InChI=1S/C15H21N5O3/c1-2-22-10-4-8-17-15(21)18-9-6-13-19-14(23-20-13)12-5-3-7-16-11-12/h3,5,7,11H,2,4,6,8-10H2,1H3,(H2,17,18,21). The van der Waals surface area contributed by atoms with Gasteiger partial charge in [-0.15, -0.1) is 0 Å². The lowest BCUT2D eigenvalue weighted by Gasteiger charge is -2.06. The summed E-state index contributed by atoms with van der Waals surface area (Å²) in [5, 5.41) is 9.39. The van der Waals surface area contributed by atoms with Gasteiger partial charge in [-0.1, -0.05) is 5.16 Å². The van der Waals surface area contributed by atoms with Crippen LogP contribution in [0.5, 0.6) is 0 Å². The molecule has 0 fully saturated rings. The minimum atomic E-state index is -0.211. The molecule has 0 saturated carbocycles. The van der Waals surface area contributed by atoms with Gasteiger partial charge in [0.2, 0.25) is 0 Å². The van der Waals surface area contributed by atoms with E-state index in [2.05, 4.69) is 25.8 Å². The van der Waals surface area contributed by atoms with Gasteiger partial charge < -0.3 is 19.9 Å². The largest absolute Gasteiger partial charge is 0.382 e. The number of nitrogens with one attached hydrogen (secondary N) is 2. The van der Waals surface area contributed by atoms with Gasteiger partial charge in [-0.3, -0.25) is 4.98 Å². The molecule has 0 saturated heterocycles. The van der Waals surface area contributed by atoms with Crippen LogP contribution in [0.15, 0.2) is 29.0 Å². The van der Waals surface area contributed by atoms with Gasteiger partial charge in [-0.25, -0.2) is 4.79 Å². The molecule has 0 aliphatic heterocycles. The van der Waals surface area contributed by atoms with Gasteiger partial charge in [-0.05, 0) is 25.5 Å². The molecule has 0 aromatic carbocycles. The second-order valence-electron chi connectivity index (χ2n) is 4.74. The lowest BCUT2D eigenvalue weighted by Crippen LogP contribution is -2.37. The number of nitrogens with zero attached hydrogens (tertiary/aromatic N) is 3. The van der Waals surface area contributed by atoms with E-state index in [9.17, 15) is 4.79 Å². The van der Waals surface area contributed by atoms with Crippen LogP contribution < -0.4 is 10.6 Å². The quantitative estimate of drug-likeness (QED) is 0.677. The summed E-state index contributed by atoms with van der Waals surface area (Å²) in [5.41, 5.74) is 0.770. The maximum Gasteiger partial charge on any atom is 0.314 e. The van der Waals surface area contributed by atoms with Gasteiger partial charge in [0.05, 0.1) is 5.56 Å². The van der Waals surface area contributed by atoms with E-state index in [4.69, 9.17) is 9.26 Å². The summed E-state index contributed by atoms with van der Waals surface area (Å²) in [4.78, 5) is 19.8. The van der Waals surface area contributed by atoms with E-state index in [1.54, 1.807) is 18.5 Å². The van der Waals surface area contributed by atoms with E-state index in [0.717, 1.165) is 12.0 Å². The van der Waals surface area contributed by atoms with E-state index >= 15 is 0 Å². The Hall–Kier alpha value is -2.48. The fourth-order valence-corrected chi connectivity index (χ4v) is 1.83. The molecule has 2 rings (SSSR count). The average Bonchev–Trinajstić information content (AvgIpc) is 3.04. The first-order chi connectivity index (χ1) is 11.3. The highest BCUT2D eigenvalue weighted by Crippen LogP contribution is 2.14. The van der Waals surface area contributed by atoms with Gasteiger partial charge in [0, 0.05) is 45.1 Å². The van der Waals surface area contributed by atoms with Crippen LogP contribution >= 0.6 is 0 Å². The van der Waals surface area contributed by atoms with Crippen molar-refractivity contribution >= 4 is 6.03 Å². The third kappa shape index (κ3) is 6.03. The molecule has 2 aromatic heterocycles. The van der Waals surface area contributed by atoms with E-state index in [1.165, 1.54) is 0 Å². The van der Waals surface area contributed by atoms with E-state index in [1.807, 2.05) is 13.0 Å². The summed E-state index contributed by atoms with van der Waals surface area (Å²) in [6.07, 6.45) is 4.62. The van der Waals surface area contributed by atoms with Gasteiger partial charge in [0.25, 0.3) is 5.89 Å². The smallest absolute Gasteiger partial charge is 0.314 e. The molecular formula is C15H21N5O3. The molecule has 0 spiro atoms. The predicted molar refractivity (Wildman–Crippen MR) is 83.7 cm³/mol. The highest BCUT2D eigenvalue weighted by molar-refractivity contribution is 5.73. The predicted octanol–water partition coefficient (Wildman–Crippen LogP) is 1.40. The minimum Gasteiger partial charge on any atom is -0.382 e. The van der Waals surface area contributed by atoms with Crippen LogP contribution in [-0.2, 0) is 11.2 Å². The number of pyridine rings is 1. The van der Waals surface area contributed by atoms with Crippen molar-refractivity contribution < 1.29 is 14.1 Å². The van der Waals surface area contributed by atoms with Crippen molar-refractivity contribution in [1.82, 2.24) is 25.8 Å². The summed E-state index contributed by atoms with van der Waals surface area (Å²) >= 11 is 0. The normalized spacial score (nSPS) is 10.5. The number of carbonyl (C=O) groups is 1. The van der Waals surface area contributed by atoms with Crippen LogP contribution in [0.3, 0.4) is 0 Å². The Kier molecular flexibility index (Phi) is 6.99. The molecule has 0 unspecified atom stereocenters. The molecule has 0 radical (unpaired) electrons. The van der Waals surface area contributed by atoms with Crippen LogP contribution in [0, 0.1) is 0 Å². The Morgan fingerprint density at radius 3 is 3.00 bits per heavy atom. The molecular weight excluding hydrogens is 298 g/mol.